The lowest BCUT2D eigenvalue weighted by Gasteiger charge is -2.06. The molecule has 0 saturated carbocycles. The van der Waals surface area contributed by atoms with Crippen LogP contribution >= 0.6 is 23.4 Å². The molecule has 0 saturated heterocycles. The van der Waals surface area contributed by atoms with Crippen molar-refractivity contribution in [1.82, 2.24) is 0 Å². The Kier molecular flexibility index (Phi) is 5.09. The van der Waals surface area contributed by atoms with Gasteiger partial charge >= 0.3 is 0 Å². The normalized spacial score (nSPS) is 9.90. The second-order valence-corrected chi connectivity index (χ2v) is 5.59. The number of phenolic OH excluding ortho intramolecular Hbond substituents is 1. The van der Waals surface area contributed by atoms with Gasteiger partial charge in [0.1, 0.15) is 11.8 Å². The maximum Gasteiger partial charge on any atom is 0.234 e. The summed E-state index contributed by atoms with van der Waals surface area (Å²) >= 11 is 7.26. The van der Waals surface area contributed by atoms with Gasteiger partial charge in [-0.05, 0) is 42.5 Å². The summed E-state index contributed by atoms with van der Waals surface area (Å²) in [5, 5.41) is 21.0. The number of nitrogens with one attached hydrogen (secondary N) is 1. The fourth-order valence-electron chi connectivity index (χ4n) is 1.57. The zero-order valence-electron chi connectivity index (χ0n) is 10.8. The first-order chi connectivity index (χ1) is 10.1. The highest BCUT2D eigenvalue weighted by molar-refractivity contribution is 8.00. The third-order valence-electron chi connectivity index (χ3n) is 2.58. The number of hydrogen-bond donors (Lipinski definition) is 2. The number of aromatic hydroxyl groups is 1. The molecule has 0 aliphatic carbocycles. The number of benzene rings is 2. The molecule has 0 heterocycles. The lowest BCUT2D eigenvalue weighted by molar-refractivity contribution is -0.113. The summed E-state index contributed by atoms with van der Waals surface area (Å²) in [5.74, 6) is 0.257. The van der Waals surface area contributed by atoms with E-state index in [0.29, 0.717) is 16.3 Å². The van der Waals surface area contributed by atoms with Crippen LogP contribution in [0.5, 0.6) is 5.75 Å². The van der Waals surface area contributed by atoms with Gasteiger partial charge in [-0.2, -0.15) is 5.26 Å². The molecule has 0 bridgehead atoms. The van der Waals surface area contributed by atoms with Crippen LogP contribution in [0.4, 0.5) is 5.69 Å². The number of nitrogens with zero attached hydrogens (tertiary/aromatic N) is 1. The number of halogens is 1. The SMILES string of the molecule is N#Cc1ccc(NC(=O)CSc2ccc(O)cc2)cc1Cl. The van der Waals surface area contributed by atoms with E-state index >= 15 is 0 Å². The topological polar surface area (TPSA) is 73.1 Å². The molecule has 0 aliphatic rings. The highest BCUT2D eigenvalue weighted by Gasteiger charge is 2.06. The van der Waals surface area contributed by atoms with Gasteiger partial charge < -0.3 is 10.4 Å². The Morgan fingerprint density at radius 3 is 2.62 bits per heavy atom. The fraction of sp³-hybridized carbons (Fsp3) is 0.0667. The molecular weight excluding hydrogens is 308 g/mol. The average Bonchev–Trinajstić information content (AvgIpc) is 2.47. The van der Waals surface area contributed by atoms with Gasteiger partial charge in [0.25, 0.3) is 0 Å². The molecule has 0 aromatic heterocycles. The van der Waals surface area contributed by atoms with Crippen LogP contribution < -0.4 is 5.32 Å². The Hall–Kier alpha value is -2.16. The van der Waals surface area contributed by atoms with Crippen molar-refractivity contribution in [3.05, 3.63) is 53.1 Å². The molecule has 0 spiro atoms. The molecule has 1 amide bonds. The van der Waals surface area contributed by atoms with Crippen molar-refractivity contribution < 1.29 is 9.90 Å². The predicted molar refractivity (Wildman–Crippen MR) is 83.6 cm³/mol. The first kappa shape index (κ1) is 15.2. The Morgan fingerprint density at radius 2 is 2.00 bits per heavy atom. The molecule has 2 N–H and O–H groups in total. The van der Waals surface area contributed by atoms with Gasteiger partial charge in [0, 0.05) is 10.6 Å². The van der Waals surface area contributed by atoms with E-state index in [-0.39, 0.29) is 17.4 Å². The molecule has 0 fully saturated rings. The Labute approximate surface area is 131 Å². The van der Waals surface area contributed by atoms with E-state index in [9.17, 15) is 9.90 Å². The van der Waals surface area contributed by atoms with Gasteiger partial charge in [0.2, 0.25) is 5.91 Å². The summed E-state index contributed by atoms with van der Waals surface area (Å²) in [6, 6.07) is 13.3. The first-order valence-electron chi connectivity index (χ1n) is 6.00. The van der Waals surface area contributed by atoms with Gasteiger partial charge in [-0.3, -0.25) is 4.79 Å². The van der Waals surface area contributed by atoms with E-state index in [1.165, 1.54) is 11.8 Å². The largest absolute Gasteiger partial charge is 0.508 e. The van der Waals surface area contributed by atoms with Crippen LogP contribution in [0.25, 0.3) is 0 Å². The van der Waals surface area contributed by atoms with Crippen molar-refractivity contribution in [2.24, 2.45) is 0 Å². The number of nitriles is 1. The van der Waals surface area contributed by atoms with Crippen LogP contribution in [-0.2, 0) is 4.79 Å². The highest BCUT2D eigenvalue weighted by atomic mass is 35.5. The molecule has 2 aromatic carbocycles. The van der Waals surface area contributed by atoms with Crippen molar-refractivity contribution in [3.63, 3.8) is 0 Å². The zero-order chi connectivity index (χ0) is 15.2. The number of anilines is 1. The molecule has 106 valence electrons. The number of thioether (sulfide) groups is 1. The molecule has 21 heavy (non-hydrogen) atoms. The van der Waals surface area contributed by atoms with Crippen LogP contribution in [0, 0.1) is 11.3 Å². The molecule has 6 heteroatoms. The minimum atomic E-state index is -0.172. The van der Waals surface area contributed by atoms with Crippen molar-refractivity contribution in [1.29, 1.82) is 5.26 Å². The number of hydrogen-bond acceptors (Lipinski definition) is 4. The fourth-order valence-corrected chi connectivity index (χ4v) is 2.49. The number of carbonyl (C=O) groups is 1. The number of amides is 1. The molecule has 0 radical (unpaired) electrons. The van der Waals surface area contributed by atoms with E-state index in [4.69, 9.17) is 16.9 Å². The van der Waals surface area contributed by atoms with Crippen LogP contribution in [0.3, 0.4) is 0 Å². The molecule has 0 aliphatic heterocycles. The van der Waals surface area contributed by atoms with Crippen molar-refractivity contribution in [2.75, 3.05) is 11.1 Å². The quantitative estimate of drug-likeness (QED) is 0.844. The second kappa shape index (κ2) is 7.02. The maximum absolute atomic E-state index is 11.8. The number of phenols is 1. The highest BCUT2D eigenvalue weighted by Crippen LogP contribution is 2.22. The summed E-state index contributed by atoms with van der Waals surface area (Å²) in [6.45, 7) is 0. The molecule has 4 nitrogen and oxygen atoms in total. The van der Waals surface area contributed by atoms with Gasteiger partial charge in [-0.25, -0.2) is 0 Å². The van der Waals surface area contributed by atoms with Crippen LogP contribution in [0.2, 0.25) is 5.02 Å². The van der Waals surface area contributed by atoms with E-state index in [1.807, 2.05) is 6.07 Å². The minimum Gasteiger partial charge on any atom is -0.508 e. The average molecular weight is 319 g/mol. The summed E-state index contributed by atoms with van der Waals surface area (Å²) in [6.07, 6.45) is 0. The third kappa shape index (κ3) is 4.42. The van der Waals surface area contributed by atoms with Gasteiger partial charge in [0.05, 0.1) is 16.3 Å². The van der Waals surface area contributed by atoms with Crippen molar-refractivity contribution in [2.45, 2.75) is 4.90 Å². The second-order valence-electron chi connectivity index (χ2n) is 4.14. The summed E-state index contributed by atoms with van der Waals surface area (Å²) < 4.78 is 0. The minimum absolute atomic E-state index is 0.172. The van der Waals surface area contributed by atoms with Crippen LogP contribution in [-0.4, -0.2) is 16.8 Å². The molecule has 0 unspecified atom stereocenters. The summed E-state index contributed by atoms with van der Waals surface area (Å²) in [7, 11) is 0. The lowest BCUT2D eigenvalue weighted by atomic mass is 10.2. The molecule has 0 atom stereocenters. The van der Waals surface area contributed by atoms with Crippen LogP contribution in [0.15, 0.2) is 47.4 Å². The summed E-state index contributed by atoms with van der Waals surface area (Å²) in [5.41, 5.74) is 0.920. The van der Waals surface area contributed by atoms with E-state index in [1.54, 1.807) is 42.5 Å². The van der Waals surface area contributed by atoms with Crippen molar-refractivity contribution >= 4 is 35.0 Å². The van der Waals surface area contributed by atoms with Gasteiger partial charge in [-0.1, -0.05) is 11.6 Å². The van der Waals surface area contributed by atoms with Gasteiger partial charge in [0.15, 0.2) is 0 Å². The van der Waals surface area contributed by atoms with E-state index in [0.717, 1.165) is 4.90 Å². The smallest absolute Gasteiger partial charge is 0.234 e. The predicted octanol–water partition coefficient (Wildman–Crippen LogP) is 3.65. The van der Waals surface area contributed by atoms with E-state index in [2.05, 4.69) is 5.32 Å². The van der Waals surface area contributed by atoms with E-state index < -0.39 is 0 Å². The molecular formula is C15H11ClN2O2S. The first-order valence-corrected chi connectivity index (χ1v) is 7.36. The third-order valence-corrected chi connectivity index (χ3v) is 3.90. The monoisotopic (exact) mass is 318 g/mol. The Balaban J connectivity index is 1.91. The standard InChI is InChI=1S/C15H11ClN2O2S/c16-14-7-11(2-1-10(14)8-17)18-15(20)9-21-13-5-3-12(19)4-6-13/h1-7,19H,9H2,(H,18,20). The molecule has 2 rings (SSSR count). The number of carbonyl (C=O) groups excluding carboxylic acids is 1. The number of rotatable bonds is 4. The van der Waals surface area contributed by atoms with Crippen LogP contribution in [0.1, 0.15) is 5.56 Å². The van der Waals surface area contributed by atoms with Gasteiger partial charge in [-0.15, -0.1) is 11.8 Å². The summed E-state index contributed by atoms with van der Waals surface area (Å²) in [4.78, 5) is 12.7. The Bertz CT molecular complexity index is 696. The maximum atomic E-state index is 11.8. The lowest BCUT2D eigenvalue weighted by Crippen LogP contribution is -2.13. The molecule has 2 aromatic rings. The zero-order valence-corrected chi connectivity index (χ0v) is 12.4. The van der Waals surface area contributed by atoms with Crippen molar-refractivity contribution in [3.8, 4) is 11.8 Å². The Morgan fingerprint density at radius 1 is 1.29 bits per heavy atom.